The largest absolute Gasteiger partial charge is 0.341 e. The Morgan fingerprint density at radius 1 is 1.05 bits per heavy atom. The van der Waals surface area contributed by atoms with E-state index in [1.54, 1.807) is 12.1 Å². The molecule has 2 heterocycles. The molecular formula is C15H15ClN6. The van der Waals surface area contributed by atoms with Crippen molar-refractivity contribution in [1.82, 2.24) is 15.0 Å². The van der Waals surface area contributed by atoms with E-state index in [1.165, 1.54) is 6.42 Å². The summed E-state index contributed by atoms with van der Waals surface area (Å²) in [6, 6.07) is 9.22. The Kier molecular flexibility index (Phi) is 4.35. The molecule has 6 nitrogen and oxygen atoms in total. The highest BCUT2D eigenvalue weighted by molar-refractivity contribution is 6.30. The van der Waals surface area contributed by atoms with E-state index in [2.05, 4.69) is 25.2 Å². The van der Waals surface area contributed by atoms with Crippen molar-refractivity contribution < 1.29 is 0 Å². The lowest BCUT2D eigenvalue weighted by molar-refractivity contribution is 0.567. The molecular weight excluding hydrogens is 300 g/mol. The number of piperidine rings is 1. The number of hydrogen-bond donors (Lipinski definition) is 1. The van der Waals surface area contributed by atoms with Crippen LogP contribution >= 0.6 is 11.6 Å². The summed E-state index contributed by atoms with van der Waals surface area (Å²) in [6.45, 7) is 1.82. The summed E-state index contributed by atoms with van der Waals surface area (Å²) < 4.78 is 0. The molecule has 0 unspecified atom stereocenters. The third-order valence-corrected chi connectivity index (χ3v) is 3.71. The van der Waals surface area contributed by atoms with Gasteiger partial charge in [0.1, 0.15) is 6.07 Å². The molecule has 1 saturated heterocycles. The molecule has 1 aromatic carbocycles. The first-order chi connectivity index (χ1) is 10.7. The summed E-state index contributed by atoms with van der Waals surface area (Å²) in [7, 11) is 0. The van der Waals surface area contributed by atoms with E-state index < -0.39 is 0 Å². The molecule has 0 bridgehead atoms. The molecule has 1 aliphatic rings. The third kappa shape index (κ3) is 3.43. The minimum absolute atomic E-state index is 0.118. The first-order valence-electron chi connectivity index (χ1n) is 7.18. The number of halogens is 1. The van der Waals surface area contributed by atoms with Gasteiger partial charge in [-0.3, -0.25) is 0 Å². The summed E-state index contributed by atoms with van der Waals surface area (Å²) >= 11 is 5.87. The van der Waals surface area contributed by atoms with Gasteiger partial charge in [-0.15, -0.1) is 0 Å². The van der Waals surface area contributed by atoms with Crippen molar-refractivity contribution in [2.45, 2.75) is 19.3 Å². The number of benzene rings is 1. The van der Waals surface area contributed by atoms with Gasteiger partial charge in [0, 0.05) is 23.8 Å². The van der Waals surface area contributed by atoms with Crippen LogP contribution in [-0.2, 0) is 0 Å². The standard InChI is InChI=1S/C15H15ClN6/c16-11-4-6-12(7-5-11)18-14-19-13(10-17)20-15(21-14)22-8-2-1-3-9-22/h4-7H,1-3,8-9H2,(H,18,19,20,21). The Hall–Kier alpha value is -2.39. The predicted molar refractivity (Wildman–Crippen MR) is 85.3 cm³/mol. The van der Waals surface area contributed by atoms with E-state index in [-0.39, 0.29) is 5.82 Å². The average Bonchev–Trinajstić information content (AvgIpc) is 2.57. The first-order valence-corrected chi connectivity index (χ1v) is 7.56. The summed E-state index contributed by atoms with van der Waals surface area (Å²) in [5, 5.41) is 12.9. The number of nitrogens with zero attached hydrogens (tertiary/aromatic N) is 5. The zero-order valence-electron chi connectivity index (χ0n) is 12.0. The summed E-state index contributed by atoms with van der Waals surface area (Å²) in [4.78, 5) is 14.9. The van der Waals surface area contributed by atoms with Gasteiger partial charge in [-0.2, -0.15) is 20.2 Å². The van der Waals surface area contributed by atoms with Crippen molar-refractivity contribution >= 4 is 29.2 Å². The highest BCUT2D eigenvalue weighted by Gasteiger charge is 2.16. The third-order valence-electron chi connectivity index (χ3n) is 3.46. The molecule has 2 aromatic rings. The molecule has 112 valence electrons. The van der Waals surface area contributed by atoms with Crippen molar-refractivity contribution in [3.8, 4) is 6.07 Å². The minimum Gasteiger partial charge on any atom is -0.341 e. The Bertz CT molecular complexity index is 688. The molecule has 3 rings (SSSR count). The SMILES string of the molecule is N#Cc1nc(Nc2ccc(Cl)cc2)nc(N2CCCCC2)n1. The van der Waals surface area contributed by atoms with E-state index in [4.69, 9.17) is 16.9 Å². The Morgan fingerprint density at radius 2 is 1.77 bits per heavy atom. The molecule has 1 fully saturated rings. The molecule has 0 spiro atoms. The molecule has 22 heavy (non-hydrogen) atoms. The van der Waals surface area contributed by atoms with Crippen LogP contribution in [0, 0.1) is 11.3 Å². The molecule has 0 atom stereocenters. The van der Waals surface area contributed by atoms with Gasteiger partial charge in [-0.1, -0.05) is 11.6 Å². The molecule has 1 N–H and O–H groups in total. The molecule has 7 heteroatoms. The minimum atomic E-state index is 0.118. The fourth-order valence-electron chi connectivity index (χ4n) is 2.37. The van der Waals surface area contributed by atoms with Gasteiger partial charge < -0.3 is 10.2 Å². The van der Waals surface area contributed by atoms with Crippen molar-refractivity contribution in [3.63, 3.8) is 0 Å². The maximum Gasteiger partial charge on any atom is 0.238 e. The van der Waals surface area contributed by atoms with Crippen LogP contribution in [0.4, 0.5) is 17.6 Å². The van der Waals surface area contributed by atoms with E-state index >= 15 is 0 Å². The molecule has 1 aliphatic heterocycles. The number of anilines is 3. The fraction of sp³-hybridized carbons (Fsp3) is 0.333. The number of rotatable bonds is 3. The Balaban J connectivity index is 1.86. The second-order valence-electron chi connectivity index (χ2n) is 5.07. The van der Waals surface area contributed by atoms with E-state index in [1.807, 2.05) is 18.2 Å². The number of nitrogens with one attached hydrogen (secondary N) is 1. The van der Waals surface area contributed by atoms with Gasteiger partial charge in [-0.25, -0.2) is 0 Å². The van der Waals surface area contributed by atoms with Crippen molar-refractivity contribution in [2.24, 2.45) is 0 Å². The lowest BCUT2D eigenvalue weighted by Crippen LogP contribution is -2.31. The van der Waals surface area contributed by atoms with Crippen molar-refractivity contribution in [1.29, 1.82) is 5.26 Å². The molecule has 0 saturated carbocycles. The van der Waals surface area contributed by atoms with E-state index in [0.717, 1.165) is 31.6 Å². The lowest BCUT2D eigenvalue weighted by Gasteiger charge is -2.26. The first kappa shape index (κ1) is 14.5. The van der Waals surface area contributed by atoms with Gasteiger partial charge in [0.15, 0.2) is 0 Å². The number of nitriles is 1. The number of aromatic nitrogens is 3. The smallest absolute Gasteiger partial charge is 0.238 e. The summed E-state index contributed by atoms with van der Waals surface area (Å²) in [6.07, 6.45) is 3.46. The van der Waals surface area contributed by atoms with Gasteiger partial charge in [-0.05, 0) is 43.5 Å². The van der Waals surface area contributed by atoms with Gasteiger partial charge in [0.05, 0.1) is 0 Å². The second-order valence-corrected chi connectivity index (χ2v) is 5.51. The van der Waals surface area contributed by atoms with Crippen molar-refractivity contribution in [3.05, 3.63) is 35.1 Å². The highest BCUT2D eigenvalue weighted by atomic mass is 35.5. The van der Waals surface area contributed by atoms with Crippen LogP contribution in [0.2, 0.25) is 5.02 Å². The normalized spacial score (nSPS) is 14.5. The van der Waals surface area contributed by atoms with Crippen molar-refractivity contribution in [2.75, 3.05) is 23.3 Å². The van der Waals surface area contributed by atoms with Crippen LogP contribution in [0.25, 0.3) is 0 Å². The average molecular weight is 315 g/mol. The Labute approximate surface area is 133 Å². The van der Waals surface area contributed by atoms with Crippen LogP contribution in [0.1, 0.15) is 25.1 Å². The van der Waals surface area contributed by atoms with Crippen LogP contribution in [0.15, 0.2) is 24.3 Å². The summed E-state index contributed by atoms with van der Waals surface area (Å²) in [5.74, 6) is 1.05. The zero-order valence-corrected chi connectivity index (χ0v) is 12.7. The second kappa shape index (κ2) is 6.58. The van der Waals surface area contributed by atoms with Crippen LogP contribution < -0.4 is 10.2 Å². The van der Waals surface area contributed by atoms with Crippen LogP contribution in [0.5, 0.6) is 0 Å². The van der Waals surface area contributed by atoms with E-state index in [9.17, 15) is 0 Å². The topological polar surface area (TPSA) is 77.7 Å². The lowest BCUT2D eigenvalue weighted by atomic mass is 10.1. The highest BCUT2D eigenvalue weighted by Crippen LogP contribution is 2.20. The fourth-order valence-corrected chi connectivity index (χ4v) is 2.49. The Morgan fingerprint density at radius 3 is 2.45 bits per heavy atom. The number of hydrogen-bond acceptors (Lipinski definition) is 6. The monoisotopic (exact) mass is 314 g/mol. The maximum atomic E-state index is 9.12. The molecule has 0 radical (unpaired) electrons. The molecule has 1 aromatic heterocycles. The van der Waals surface area contributed by atoms with Crippen LogP contribution in [0.3, 0.4) is 0 Å². The summed E-state index contributed by atoms with van der Waals surface area (Å²) in [5.41, 5.74) is 0.809. The predicted octanol–water partition coefficient (Wildman–Crippen LogP) is 3.13. The molecule has 0 amide bonds. The van der Waals surface area contributed by atoms with Gasteiger partial charge in [0.25, 0.3) is 0 Å². The van der Waals surface area contributed by atoms with Gasteiger partial charge >= 0.3 is 0 Å². The maximum absolute atomic E-state index is 9.12. The van der Waals surface area contributed by atoms with Crippen LogP contribution in [-0.4, -0.2) is 28.0 Å². The van der Waals surface area contributed by atoms with E-state index in [0.29, 0.717) is 16.9 Å². The zero-order chi connectivity index (χ0) is 15.4. The molecule has 0 aliphatic carbocycles. The quantitative estimate of drug-likeness (QED) is 0.937. The van der Waals surface area contributed by atoms with Gasteiger partial charge in [0.2, 0.25) is 17.7 Å².